The Balaban J connectivity index is 2.02. The number of aromatic hydroxyl groups is 1. The van der Waals surface area contributed by atoms with E-state index in [9.17, 15) is 14.7 Å². The van der Waals surface area contributed by atoms with Crippen molar-refractivity contribution in [1.29, 1.82) is 0 Å². The Hall–Kier alpha value is -1.89. The van der Waals surface area contributed by atoms with Crippen LogP contribution in [0.4, 0.5) is 0 Å². The Bertz CT molecular complexity index is 646. The van der Waals surface area contributed by atoms with E-state index < -0.39 is 0 Å². The molecule has 0 aliphatic carbocycles. The number of hydrogen-bond donors (Lipinski definition) is 2. The minimum absolute atomic E-state index is 0.0177. The smallest absolute Gasteiger partial charge is 0.259 e. The zero-order valence-corrected chi connectivity index (χ0v) is 15.3. The molecule has 2 amide bonds. The summed E-state index contributed by atoms with van der Waals surface area (Å²) >= 11 is 3.36. The number of benzene rings is 1. The van der Waals surface area contributed by atoms with Crippen molar-refractivity contribution in [2.24, 2.45) is 5.10 Å². The summed E-state index contributed by atoms with van der Waals surface area (Å²) in [6.07, 6.45) is 3.88. The molecule has 24 heavy (non-hydrogen) atoms. The summed E-state index contributed by atoms with van der Waals surface area (Å²) in [7, 11) is 0. The normalized spacial score (nSPS) is 16.0. The number of hydrogen-bond acceptors (Lipinski definition) is 4. The number of phenolic OH excluding ortho intramolecular Hbond substituents is 1. The van der Waals surface area contributed by atoms with Crippen LogP contribution in [0.25, 0.3) is 0 Å². The zero-order valence-electron chi connectivity index (χ0n) is 13.7. The number of hydrazone groups is 1. The topological polar surface area (TPSA) is 82.0 Å². The van der Waals surface area contributed by atoms with Crippen molar-refractivity contribution in [3.8, 4) is 5.75 Å². The van der Waals surface area contributed by atoms with E-state index in [-0.39, 0.29) is 24.1 Å². The molecule has 1 aliphatic heterocycles. The third-order valence-electron chi connectivity index (χ3n) is 3.93. The van der Waals surface area contributed by atoms with Crippen molar-refractivity contribution in [1.82, 2.24) is 10.3 Å². The highest BCUT2D eigenvalue weighted by Gasteiger charge is 2.19. The molecule has 0 atom stereocenters. The standard InChI is InChI=1S/C17H22BrN3O3/c1-2-14(13-10-12(18)7-8-15(13)22)19-20-16(23)11-21-9-5-3-4-6-17(21)24/h7-8,10,22H,2-6,9,11H2,1H3,(H,20,23)/b19-14+. The first-order chi connectivity index (χ1) is 11.5. The van der Waals surface area contributed by atoms with Gasteiger partial charge in [0, 0.05) is 23.0 Å². The highest BCUT2D eigenvalue weighted by molar-refractivity contribution is 9.10. The molecule has 0 aromatic heterocycles. The summed E-state index contributed by atoms with van der Waals surface area (Å²) in [6.45, 7) is 2.52. The van der Waals surface area contributed by atoms with Gasteiger partial charge in [-0.2, -0.15) is 5.10 Å². The number of nitrogens with one attached hydrogen (secondary N) is 1. The quantitative estimate of drug-likeness (QED) is 0.593. The maximum Gasteiger partial charge on any atom is 0.259 e. The molecule has 0 radical (unpaired) electrons. The van der Waals surface area contributed by atoms with Gasteiger partial charge in [-0.15, -0.1) is 0 Å². The van der Waals surface area contributed by atoms with Gasteiger partial charge in [-0.1, -0.05) is 29.3 Å². The molecule has 7 heteroatoms. The van der Waals surface area contributed by atoms with Crippen LogP contribution in [0, 0.1) is 0 Å². The van der Waals surface area contributed by atoms with Crippen LogP contribution in [-0.2, 0) is 9.59 Å². The van der Waals surface area contributed by atoms with Crippen LogP contribution < -0.4 is 5.43 Å². The second kappa shape index (κ2) is 8.82. The van der Waals surface area contributed by atoms with Crippen molar-refractivity contribution in [3.05, 3.63) is 28.2 Å². The third kappa shape index (κ3) is 5.06. The van der Waals surface area contributed by atoms with Gasteiger partial charge in [-0.05, 0) is 37.5 Å². The van der Waals surface area contributed by atoms with E-state index in [4.69, 9.17) is 0 Å². The number of rotatable bonds is 5. The SMILES string of the molecule is CC/C(=N\NC(=O)CN1CCCCCC1=O)c1cc(Br)ccc1O. The summed E-state index contributed by atoms with van der Waals surface area (Å²) in [4.78, 5) is 25.6. The maximum absolute atomic E-state index is 12.1. The molecule has 1 saturated heterocycles. The lowest BCUT2D eigenvalue weighted by Gasteiger charge is -2.19. The molecule has 1 aromatic carbocycles. The van der Waals surface area contributed by atoms with E-state index in [2.05, 4.69) is 26.5 Å². The number of halogens is 1. The molecule has 130 valence electrons. The predicted molar refractivity (Wildman–Crippen MR) is 95.8 cm³/mol. The monoisotopic (exact) mass is 395 g/mol. The van der Waals surface area contributed by atoms with Crippen molar-refractivity contribution in [3.63, 3.8) is 0 Å². The second-order valence-electron chi connectivity index (χ2n) is 5.73. The molecular formula is C17H22BrN3O3. The van der Waals surface area contributed by atoms with Crippen LogP contribution in [0.15, 0.2) is 27.8 Å². The average molecular weight is 396 g/mol. The molecular weight excluding hydrogens is 374 g/mol. The van der Waals surface area contributed by atoms with Crippen LogP contribution in [0.1, 0.15) is 44.6 Å². The van der Waals surface area contributed by atoms with Crippen LogP contribution in [-0.4, -0.2) is 40.6 Å². The number of carbonyl (C=O) groups excluding carboxylic acids is 2. The zero-order chi connectivity index (χ0) is 17.5. The van der Waals surface area contributed by atoms with Crippen LogP contribution in [0.2, 0.25) is 0 Å². The van der Waals surface area contributed by atoms with Gasteiger partial charge >= 0.3 is 0 Å². The first-order valence-corrected chi connectivity index (χ1v) is 8.92. The predicted octanol–water partition coefficient (Wildman–Crippen LogP) is 2.79. The van der Waals surface area contributed by atoms with Gasteiger partial charge in [-0.25, -0.2) is 5.43 Å². The van der Waals surface area contributed by atoms with Gasteiger partial charge in [0.2, 0.25) is 5.91 Å². The number of carbonyl (C=O) groups is 2. The molecule has 1 heterocycles. The van der Waals surface area contributed by atoms with Gasteiger partial charge in [0.15, 0.2) is 0 Å². The molecule has 0 saturated carbocycles. The van der Waals surface area contributed by atoms with Gasteiger partial charge < -0.3 is 10.0 Å². The van der Waals surface area contributed by atoms with E-state index in [1.807, 2.05) is 6.92 Å². The average Bonchev–Trinajstić information content (AvgIpc) is 2.76. The summed E-state index contributed by atoms with van der Waals surface area (Å²) in [5, 5.41) is 14.1. The van der Waals surface area contributed by atoms with Crippen molar-refractivity contribution in [2.75, 3.05) is 13.1 Å². The summed E-state index contributed by atoms with van der Waals surface area (Å²) in [6, 6.07) is 5.06. The lowest BCUT2D eigenvalue weighted by atomic mass is 10.1. The molecule has 1 aromatic rings. The Morgan fingerprint density at radius 1 is 1.38 bits per heavy atom. The number of amides is 2. The molecule has 2 N–H and O–H groups in total. The van der Waals surface area contributed by atoms with Gasteiger partial charge in [-0.3, -0.25) is 9.59 Å². The number of phenols is 1. The molecule has 1 aliphatic rings. The van der Waals surface area contributed by atoms with Crippen LogP contribution in [0.3, 0.4) is 0 Å². The first kappa shape index (κ1) is 18.4. The van der Waals surface area contributed by atoms with E-state index in [1.54, 1.807) is 23.1 Å². The highest BCUT2D eigenvalue weighted by Crippen LogP contribution is 2.23. The van der Waals surface area contributed by atoms with E-state index in [0.29, 0.717) is 30.7 Å². The van der Waals surface area contributed by atoms with Gasteiger partial charge in [0.1, 0.15) is 12.3 Å². The summed E-state index contributed by atoms with van der Waals surface area (Å²) < 4.78 is 0.818. The fourth-order valence-electron chi connectivity index (χ4n) is 2.61. The number of likely N-dealkylation sites (tertiary alicyclic amines) is 1. The molecule has 1 fully saturated rings. The van der Waals surface area contributed by atoms with E-state index in [0.717, 1.165) is 23.7 Å². The maximum atomic E-state index is 12.1. The van der Waals surface area contributed by atoms with Gasteiger partial charge in [0.05, 0.1) is 5.71 Å². The van der Waals surface area contributed by atoms with E-state index >= 15 is 0 Å². The lowest BCUT2D eigenvalue weighted by Crippen LogP contribution is -2.39. The van der Waals surface area contributed by atoms with E-state index in [1.165, 1.54) is 0 Å². The fourth-order valence-corrected chi connectivity index (χ4v) is 2.97. The summed E-state index contributed by atoms with van der Waals surface area (Å²) in [5.74, 6) is -0.201. The Kier molecular flexibility index (Phi) is 6.78. The number of nitrogens with zero attached hydrogens (tertiary/aromatic N) is 2. The minimum Gasteiger partial charge on any atom is -0.507 e. The third-order valence-corrected chi connectivity index (χ3v) is 4.42. The molecule has 0 unspecified atom stereocenters. The fraction of sp³-hybridized carbons (Fsp3) is 0.471. The molecule has 6 nitrogen and oxygen atoms in total. The van der Waals surface area contributed by atoms with Crippen molar-refractivity contribution in [2.45, 2.75) is 39.0 Å². The highest BCUT2D eigenvalue weighted by atomic mass is 79.9. The van der Waals surface area contributed by atoms with Crippen molar-refractivity contribution >= 4 is 33.5 Å². The summed E-state index contributed by atoms with van der Waals surface area (Å²) in [5.41, 5.74) is 3.64. The largest absolute Gasteiger partial charge is 0.507 e. The Morgan fingerprint density at radius 2 is 2.17 bits per heavy atom. The van der Waals surface area contributed by atoms with Gasteiger partial charge in [0.25, 0.3) is 5.91 Å². The lowest BCUT2D eigenvalue weighted by molar-refractivity contribution is -0.135. The minimum atomic E-state index is -0.328. The Labute approximate surface area is 150 Å². The molecule has 0 spiro atoms. The molecule has 2 rings (SSSR count). The molecule has 0 bridgehead atoms. The first-order valence-electron chi connectivity index (χ1n) is 8.13. The second-order valence-corrected chi connectivity index (χ2v) is 6.65. The van der Waals surface area contributed by atoms with Crippen LogP contribution >= 0.6 is 15.9 Å². The van der Waals surface area contributed by atoms with Crippen molar-refractivity contribution < 1.29 is 14.7 Å². The Morgan fingerprint density at radius 3 is 2.92 bits per heavy atom. The van der Waals surface area contributed by atoms with Crippen LogP contribution in [0.5, 0.6) is 5.75 Å².